The zero-order chi connectivity index (χ0) is 50.3. The van der Waals surface area contributed by atoms with Crippen LogP contribution in [0.15, 0.2) is 60.7 Å². The number of likely N-dealkylation sites (N-methyl/N-ethyl adjacent to an activating group) is 1. The molecule has 2 amide bonds. The molecule has 3 aromatic carbocycles. The van der Waals surface area contributed by atoms with Crippen molar-refractivity contribution in [3.05, 3.63) is 83.0 Å². The first-order valence-electron chi connectivity index (χ1n) is 24.3. The van der Waals surface area contributed by atoms with E-state index in [-0.39, 0.29) is 94.6 Å². The molecular formula is C53H67N9O8. The monoisotopic (exact) mass is 958 g/mol. The molecule has 0 spiro atoms. The number of hydrogen-bond donors (Lipinski definition) is 5. The summed E-state index contributed by atoms with van der Waals surface area (Å²) in [7, 11) is 1.48. The lowest BCUT2D eigenvalue weighted by molar-refractivity contribution is -0.142. The van der Waals surface area contributed by atoms with Gasteiger partial charge in [0, 0.05) is 74.3 Å². The summed E-state index contributed by atoms with van der Waals surface area (Å²) in [4.78, 5) is 81.7. The lowest BCUT2D eigenvalue weighted by Crippen LogP contribution is -2.46. The van der Waals surface area contributed by atoms with E-state index >= 15 is 0 Å². The van der Waals surface area contributed by atoms with Gasteiger partial charge in [0.05, 0.1) is 29.5 Å². The van der Waals surface area contributed by atoms with Crippen LogP contribution in [0.3, 0.4) is 0 Å². The number of hydrogen-bond acceptors (Lipinski definition) is 15. The molecule has 70 heavy (non-hydrogen) atoms. The minimum absolute atomic E-state index is 0.0376. The van der Waals surface area contributed by atoms with Gasteiger partial charge in [-0.3, -0.25) is 24.0 Å². The highest BCUT2D eigenvalue weighted by Gasteiger charge is 2.37. The first kappa shape index (κ1) is 52.6. The van der Waals surface area contributed by atoms with Gasteiger partial charge in [0.2, 0.25) is 11.8 Å². The van der Waals surface area contributed by atoms with Gasteiger partial charge < -0.3 is 47.4 Å². The third kappa shape index (κ3) is 13.3. The molecule has 1 saturated carbocycles. The molecule has 17 heteroatoms. The number of nitrogens with zero attached hydrogens (tertiary/aromatic N) is 4. The summed E-state index contributed by atoms with van der Waals surface area (Å²) in [6.45, 7) is 4.02. The minimum atomic E-state index is -1.27. The Morgan fingerprint density at radius 3 is 2.16 bits per heavy atom. The van der Waals surface area contributed by atoms with Gasteiger partial charge in [0.1, 0.15) is 42.3 Å². The Morgan fingerprint density at radius 1 is 0.871 bits per heavy atom. The summed E-state index contributed by atoms with van der Waals surface area (Å²) in [5.74, 6) is -2.43. The number of ketones is 3. The Morgan fingerprint density at radius 2 is 1.53 bits per heavy atom. The predicted octanol–water partition coefficient (Wildman–Crippen LogP) is 5.72. The second-order valence-corrected chi connectivity index (χ2v) is 18.2. The number of fused-ring (bicyclic) bond motifs is 5. The van der Waals surface area contributed by atoms with Crippen LogP contribution in [0.5, 0.6) is 17.2 Å². The van der Waals surface area contributed by atoms with E-state index in [0.29, 0.717) is 50.8 Å². The van der Waals surface area contributed by atoms with Gasteiger partial charge in [-0.05, 0) is 112 Å². The molecule has 2 aliphatic rings. The molecule has 6 rings (SSSR count). The fourth-order valence-corrected chi connectivity index (χ4v) is 9.27. The van der Waals surface area contributed by atoms with E-state index in [0.717, 1.165) is 31.4 Å². The number of Topliss-reactive ketones (excluding diaryl/α,β-unsaturated/α-hetero) is 3. The third-order valence-electron chi connectivity index (χ3n) is 12.9. The summed E-state index contributed by atoms with van der Waals surface area (Å²) in [5, 5.41) is 12.1. The van der Waals surface area contributed by atoms with Crippen LogP contribution >= 0.6 is 0 Å². The maximum absolute atomic E-state index is 14.9. The normalized spacial score (nSPS) is 18.0. The minimum Gasteiger partial charge on any atom is -0.492 e. The van der Waals surface area contributed by atoms with Crippen molar-refractivity contribution in [2.75, 3.05) is 45.6 Å². The molecule has 1 aliphatic carbocycles. The number of aryl methyl sites for hydroxylation is 1. The molecule has 4 atom stereocenters. The Kier molecular flexibility index (Phi) is 19.0. The quantitative estimate of drug-likeness (QED) is 0.0555. The van der Waals surface area contributed by atoms with Crippen LogP contribution in [-0.4, -0.2) is 96.1 Å². The second kappa shape index (κ2) is 25.2. The largest absolute Gasteiger partial charge is 0.492 e. The lowest BCUT2D eigenvalue weighted by atomic mass is 9.88. The number of benzene rings is 3. The van der Waals surface area contributed by atoms with E-state index in [4.69, 9.17) is 37.1 Å². The average Bonchev–Trinajstić information content (AvgIpc) is 3.62. The van der Waals surface area contributed by atoms with Gasteiger partial charge >= 0.3 is 0 Å². The number of ether oxygens (including phenoxy) is 3. The van der Waals surface area contributed by atoms with Crippen molar-refractivity contribution in [2.24, 2.45) is 29.0 Å². The summed E-state index contributed by atoms with van der Waals surface area (Å²) >= 11 is 0. The maximum atomic E-state index is 14.9. The first-order valence-corrected chi connectivity index (χ1v) is 24.3. The van der Waals surface area contributed by atoms with Gasteiger partial charge in [-0.1, -0.05) is 31.9 Å². The standard InChI is InChI=1S/C53H67N9O8/c1-32-27-45(65)49(36-15-19-47(69-26-24-57)41(30-36)40-28-34(12-18-46(40)68-25-23-56)29-42(60-52(32)66)43(63)11-8-21-54)62(3)53(67)37(20-22-55)31-44(64)48-33(2)59-51(61-50(48)58)35-13-16-39(17-14-35)70-38-9-6-4-5-7-10-38/h12-19,28,30,32,37-38,42,49H,4-11,20,22-27,29,31,55-57H2,1-3H3,(H,60,66)(H2,58,59,61)/t32-,37-,42+,49+/m1/s1. The summed E-state index contributed by atoms with van der Waals surface area (Å²) in [6, 6.07) is 17.6. The van der Waals surface area contributed by atoms with Crippen LogP contribution < -0.4 is 42.5 Å². The van der Waals surface area contributed by atoms with Crippen LogP contribution in [0.2, 0.25) is 0 Å². The number of amides is 2. The average molecular weight is 958 g/mol. The molecule has 0 saturated heterocycles. The van der Waals surface area contributed by atoms with E-state index in [2.05, 4.69) is 15.3 Å². The van der Waals surface area contributed by atoms with Crippen molar-refractivity contribution < 1.29 is 38.2 Å². The molecule has 372 valence electrons. The van der Waals surface area contributed by atoms with Crippen molar-refractivity contribution in [3.8, 4) is 45.8 Å². The van der Waals surface area contributed by atoms with Gasteiger partial charge in [0.15, 0.2) is 23.2 Å². The van der Waals surface area contributed by atoms with Crippen molar-refractivity contribution in [2.45, 2.75) is 109 Å². The molecule has 2 heterocycles. The Hall–Kier alpha value is -6.74. The van der Waals surface area contributed by atoms with Gasteiger partial charge in [-0.15, -0.1) is 0 Å². The molecule has 1 aliphatic heterocycles. The van der Waals surface area contributed by atoms with Gasteiger partial charge in [-0.25, -0.2) is 9.97 Å². The zero-order valence-electron chi connectivity index (χ0n) is 40.5. The number of rotatable bonds is 19. The Balaban J connectivity index is 1.33. The number of anilines is 1. The van der Waals surface area contributed by atoms with Gasteiger partial charge in [0.25, 0.3) is 0 Å². The topological polar surface area (TPSA) is 282 Å². The fraction of sp³-hybridized carbons (Fsp3) is 0.472. The van der Waals surface area contributed by atoms with Crippen molar-refractivity contribution in [3.63, 3.8) is 0 Å². The predicted molar refractivity (Wildman–Crippen MR) is 266 cm³/mol. The second-order valence-electron chi connectivity index (χ2n) is 18.2. The van der Waals surface area contributed by atoms with E-state index in [1.54, 1.807) is 44.2 Å². The number of nitrogen functional groups attached to an aromatic ring is 1. The molecule has 4 aromatic rings. The summed E-state index contributed by atoms with van der Waals surface area (Å²) in [5.41, 5.74) is 27.5. The lowest BCUT2D eigenvalue weighted by Gasteiger charge is -2.32. The Bertz CT molecular complexity index is 2510. The van der Waals surface area contributed by atoms with E-state index < -0.39 is 47.3 Å². The van der Waals surface area contributed by atoms with Crippen molar-refractivity contribution >= 4 is 35.0 Å². The molecule has 0 radical (unpaired) electrons. The maximum Gasteiger partial charge on any atom is 0.226 e. The number of nitriles is 1. The summed E-state index contributed by atoms with van der Waals surface area (Å²) in [6.07, 6.45) is 6.44. The van der Waals surface area contributed by atoms with E-state index in [1.807, 2.05) is 36.4 Å². The smallest absolute Gasteiger partial charge is 0.226 e. The van der Waals surface area contributed by atoms with E-state index in [9.17, 15) is 29.2 Å². The molecule has 1 fully saturated rings. The first-order chi connectivity index (χ1) is 33.8. The van der Waals surface area contributed by atoms with Crippen LogP contribution in [0.4, 0.5) is 5.82 Å². The number of nitrogens with one attached hydrogen (secondary N) is 1. The van der Waals surface area contributed by atoms with E-state index in [1.165, 1.54) is 24.8 Å². The fourth-order valence-electron chi connectivity index (χ4n) is 9.27. The summed E-state index contributed by atoms with van der Waals surface area (Å²) < 4.78 is 18.5. The van der Waals surface area contributed by atoms with Crippen LogP contribution in [0, 0.1) is 30.1 Å². The van der Waals surface area contributed by atoms with Crippen LogP contribution in [0.1, 0.15) is 111 Å². The van der Waals surface area contributed by atoms with Crippen LogP contribution in [0.25, 0.3) is 22.5 Å². The Labute approximate surface area is 410 Å². The van der Waals surface area contributed by atoms with Gasteiger partial charge in [-0.2, -0.15) is 5.26 Å². The number of aromatic nitrogens is 2. The molecule has 9 N–H and O–H groups in total. The highest BCUT2D eigenvalue weighted by molar-refractivity contribution is 6.03. The molecule has 0 unspecified atom stereocenters. The third-order valence-corrected chi connectivity index (χ3v) is 12.9. The van der Waals surface area contributed by atoms with Crippen molar-refractivity contribution in [1.82, 2.24) is 20.2 Å². The number of carbonyl (C=O) groups is 5. The molecule has 1 aromatic heterocycles. The van der Waals surface area contributed by atoms with Crippen molar-refractivity contribution in [1.29, 1.82) is 5.26 Å². The number of nitrogens with two attached hydrogens (primary N) is 4. The molecule has 17 nitrogen and oxygen atoms in total. The highest BCUT2D eigenvalue weighted by Crippen LogP contribution is 2.41. The molecule has 4 bridgehead atoms. The zero-order valence-corrected chi connectivity index (χ0v) is 40.5. The highest BCUT2D eigenvalue weighted by atomic mass is 16.5. The SMILES string of the molecule is Cc1nc(-c2ccc(OC3CCCCCC3)cc2)nc(N)c1C(=O)C[C@@H](CCN)C(=O)N(C)[C@@H]1C(=O)C[C@@H](C)C(=O)N[C@H](C(=O)CCC#N)Cc2ccc(OCCN)c(c2)-c2cc1ccc2OCCN. The van der Waals surface area contributed by atoms with Crippen LogP contribution in [-0.2, 0) is 25.6 Å². The molecular weight excluding hydrogens is 891 g/mol. The number of carbonyl (C=O) groups excluding carboxylic acids is 5.